The van der Waals surface area contributed by atoms with Gasteiger partial charge in [-0.15, -0.1) is 0 Å². The lowest BCUT2D eigenvalue weighted by atomic mass is 10.2. The van der Waals surface area contributed by atoms with Crippen LogP contribution in [0.25, 0.3) is 5.65 Å². The number of hydrogen-bond donors (Lipinski definition) is 0. The first-order valence-corrected chi connectivity index (χ1v) is 6.51. The van der Waals surface area contributed by atoms with Gasteiger partial charge in [-0.25, -0.2) is 0 Å². The van der Waals surface area contributed by atoms with Gasteiger partial charge in [0.25, 0.3) is 0 Å². The second-order valence-electron chi connectivity index (χ2n) is 4.51. The molecule has 0 aliphatic carbocycles. The van der Waals surface area contributed by atoms with E-state index in [1.807, 2.05) is 6.07 Å². The number of hydrogen-bond acceptors (Lipinski definition) is 6. The van der Waals surface area contributed by atoms with E-state index in [1.165, 1.54) is 35.9 Å². The predicted molar refractivity (Wildman–Crippen MR) is 79.6 cm³/mol. The largest absolute Gasteiger partial charge is 0.493 e. The molecule has 8 heteroatoms. The highest BCUT2D eigenvalue weighted by Gasteiger charge is 2.25. The lowest BCUT2D eigenvalue weighted by molar-refractivity contribution is -0.391. The molecule has 0 fully saturated rings. The van der Waals surface area contributed by atoms with E-state index in [2.05, 4.69) is 4.98 Å². The lowest BCUT2D eigenvalue weighted by Crippen LogP contribution is -1.97. The summed E-state index contributed by atoms with van der Waals surface area (Å²) in [6.07, 6.45) is 1.53. The van der Waals surface area contributed by atoms with E-state index in [1.54, 1.807) is 18.2 Å². The molecule has 2 aromatic heterocycles. The fourth-order valence-electron chi connectivity index (χ4n) is 2.12. The van der Waals surface area contributed by atoms with Crippen LogP contribution in [0.4, 0.5) is 5.82 Å². The summed E-state index contributed by atoms with van der Waals surface area (Å²) in [5.74, 6) is 0.0876. The van der Waals surface area contributed by atoms with Crippen LogP contribution in [-0.2, 0) is 0 Å². The van der Waals surface area contributed by atoms with Crippen LogP contribution in [0.15, 0.2) is 42.6 Å². The minimum Gasteiger partial charge on any atom is -0.493 e. The first-order valence-electron chi connectivity index (χ1n) is 6.51. The Morgan fingerprint density at radius 2 is 2.13 bits per heavy atom. The molecule has 3 rings (SSSR count). The minimum atomic E-state index is -0.564. The van der Waals surface area contributed by atoms with Crippen molar-refractivity contribution in [1.82, 2.24) is 9.38 Å². The van der Waals surface area contributed by atoms with Gasteiger partial charge in [0.2, 0.25) is 5.65 Å². The Bertz CT molecular complexity index is 942. The molecule has 0 saturated carbocycles. The van der Waals surface area contributed by atoms with Crippen molar-refractivity contribution in [3.63, 3.8) is 0 Å². The molecule has 23 heavy (non-hydrogen) atoms. The number of ether oxygens (including phenoxy) is 2. The Hall–Kier alpha value is -3.60. The van der Waals surface area contributed by atoms with E-state index in [4.69, 9.17) is 14.7 Å². The fourth-order valence-corrected chi connectivity index (χ4v) is 2.12. The predicted octanol–water partition coefficient (Wildman–Crippen LogP) is 2.92. The number of nitro groups is 1. The lowest BCUT2D eigenvalue weighted by Gasteiger charge is -2.08. The topological polar surface area (TPSA) is 103 Å². The molecule has 8 nitrogen and oxygen atoms in total. The molecule has 0 amide bonds. The smallest absolute Gasteiger partial charge is 0.392 e. The molecule has 0 N–H and O–H groups in total. The van der Waals surface area contributed by atoms with Crippen LogP contribution in [0, 0.1) is 21.4 Å². The summed E-state index contributed by atoms with van der Waals surface area (Å²) in [6, 6.07) is 11.5. The van der Waals surface area contributed by atoms with Crippen LogP contribution in [0.5, 0.6) is 17.4 Å². The summed E-state index contributed by atoms with van der Waals surface area (Å²) < 4.78 is 12.0. The van der Waals surface area contributed by atoms with Gasteiger partial charge in [-0.3, -0.25) is 0 Å². The van der Waals surface area contributed by atoms with Crippen molar-refractivity contribution in [1.29, 1.82) is 5.26 Å². The molecule has 0 aliphatic heterocycles. The van der Waals surface area contributed by atoms with Gasteiger partial charge in [0.15, 0.2) is 11.5 Å². The average Bonchev–Trinajstić information content (AvgIpc) is 2.93. The number of pyridine rings is 1. The molecule has 0 spiro atoms. The Balaban J connectivity index is 2.10. The van der Waals surface area contributed by atoms with Gasteiger partial charge in [-0.05, 0) is 23.1 Å². The van der Waals surface area contributed by atoms with E-state index < -0.39 is 4.92 Å². The maximum atomic E-state index is 11.3. The van der Waals surface area contributed by atoms with Crippen molar-refractivity contribution in [3.05, 3.63) is 58.3 Å². The third-order valence-corrected chi connectivity index (χ3v) is 3.15. The Kier molecular flexibility index (Phi) is 3.52. The molecule has 1 aromatic carbocycles. The fraction of sp³-hybridized carbons (Fsp3) is 0.0667. The van der Waals surface area contributed by atoms with Crippen molar-refractivity contribution >= 4 is 11.5 Å². The second-order valence-corrected chi connectivity index (χ2v) is 4.51. The van der Waals surface area contributed by atoms with Crippen molar-refractivity contribution in [3.8, 4) is 23.4 Å². The highest BCUT2D eigenvalue weighted by Crippen LogP contribution is 2.36. The maximum Gasteiger partial charge on any atom is 0.392 e. The second kappa shape index (κ2) is 5.65. The molecule has 0 unspecified atom stereocenters. The number of rotatable bonds is 4. The van der Waals surface area contributed by atoms with Crippen LogP contribution in [0.3, 0.4) is 0 Å². The molecule has 114 valence electrons. The van der Waals surface area contributed by atoms with Gasteiger partial charge in [-0.1, -0.05) is 6.07 Å². The number of fused-ring (bicyclic) bond motifs is 1. The SMILES string of the molecule is COc1cc(C#N)ccc1Oc1nc2ccccn2c1[N+](=O)[O-]. The Morgan fingerprint density at radius 3 is 2.83 bits per heavy atom. The number of aromatic nitrogens is 2. The average molecular weight is 310 g/mol. The Morgan fingerprint density at radius 1 is 1.30 bits per heavy atom. The molecule has 0 bridgehead atoms. The van der Waals surface area contributed by atoms with Crippen molar-refractivity contribution in [2.75, 3.05) is 7.11 Å². The third kappa shape index (κ3) is 2.51. The van der Waals surface area contributed by atoms with Gasteiger partial charge in [0, 0.05) is 12.1 Å². The number of imidazole rings is 1. The van der Waals surface area contributed by atoms with Gasteiger partial charge in [0.1, 0.15) is 0 Å². The summed E-state index contributed by atoms with van der Waals surface area (Å²) >= 11 is 0. The van der Waals surface area contributed by atoms with E-state index in [9.17, 15) is 10.1 Å². The van der Waals surface area contributed by atoms with Crippen LogP contribution in [-0.4, -0.2) is 21.4 Å². The minimum absolute atomic E-state index is 0.149. The summed E-state index contributed by atoms with van der Waals surface area (Å²) in [6.45, 7) is 0. The van der Waals surface area contributed by atoms with E-state index in [0.717, 1.165) is 0 Å². The summed E-state index contributed by atoms with van der Waals surface area (Å²) in [7, 11) is 1.42. The summed E-state index contributed by atoms with van der Waals surface area (Å²) in [4.78, 5) is 14.9. The Labute approximate surface area is 130 Å². The normalized spacial score (nSPS) is 10.3. The molecular weight excluding hydrogens is 300 g/mol. The quantitative estimate of drug-likeness (QED) is 0.542. The van der Waals surface area contributed by atoms with Crippen LogP contribution < -0.4 is 9.47 Å². The zero-order chi connectivity index (χ0) is 16.4. The molecule has 2 heterocycles. The van der Waals surface area contributed by atoms with Crippen LogP contribution >= 0.6 is 0 Å². The first kappa shape index (κ1) is 14.3. The standard InChI is InChI=1S/C15H10N4O4/c1-22-12-8-10(9-16)5-6-11(12)23-14-15(19(20)21)18-7-3-2-4-13(18)17-14/h2-8H,1H3. The van der Waals surface area contributed by atoms with Crippen LogP contribution in [0.2, 0.25) is 0 Å². The third-order valence-electron chi connectivity index (χ3n) is 3.15. The summed E-state index contributed by atoms with van der Waals surface area (Å²) in [5, 5.41) is 20.2. The van der Waals surface area contributed by atoms with E-state index >= 15 is 0 Å². The number of nitrogens with zero attached hydrogens (tertiary/aromatic N) is 4. The van der Waals surface area contributed by atoms with E-state index in [-0.39, 0.29) is 23.2 Å². The van der Waals surface area contributed by atoms with Gasteiger partial charge in [-0.2, -0.15) is 14.6 Å². The maximum absolute atomic E-state index is 11.3. The first-order chi connectivity index (χ1) is 11.1. The van der Waals surface area contributed by atoms with Crippen molar-refractivity contribution < 1.29 is 14.4 Å². The highest BCUT2D eigenvalue weighted by molar-refractivity contribution is 5.55. The zero-order valence-electron chi connectivity index (χ0n) is 12.0. The molecule has 0 radical (unpaired) electrons. The molecule has 3 aromatic rings. The van der Waals surface area contributed by atoms with Gasteiger partial charge in [0.05, 0.1) is 24.9 Å². The van der Waals surface area contributed by atoms with Crippen molar-refractivity contribution in [2.24, 2.45) is 0 Å². The zero-order valence-corrected chi connectivity index (χ0v) is 12.0. The number of nitriles is 1. The molecule has 0 saturated heterocycles. The summed E-state index contributed by atoms with van der Waals surface area (Å²) in [5.41, 5.74) is 0.778. The molecular formula is C15H10N4O4. The molecule has 0 atom stereocenters. The van der Waals surface area contributed by atoms with Gasteiger partial charge >= 0.3 is 11.7 Å². The highest BCUT2D eigenvalue weighted by atomic mass is 16.6. The van der Waals surface area contributed by atoms with Gasteiger partial charge < -0.3 is 19.6 Å². The number of benzene rings is 1. The van der Waals surface area contributed by atoms with Crippen LogP contribution in [0.1, 0.15) is 5.56 Å². The monoisotopic (exact) mass is 310 g/mol. The number of methoxy groups -OCH3 is 1. The van der Waals surface area contributed by atoms with E-state index in [0.29, 0.717) is 11.2 Å². The molecule has 0 aliphatic rings. The van der Waals surface area contributed by atoms with Crippen molar-refractivity contribution in [2.45, 2.75) is 0 Å².